The number of likely N-dealkylation sites (tertiary alicyclic amines) is 2. The first-order chi connectivity index (χ1) is 10.3. The van der Waals surface area contributed by atoms with Gasteiger partial charge in [-0.3, -0.25) is 4.79 Å². The molecule has 1 unspecified atom stereocenters. The number of carbonyl (C=O) groups is 1. The molecule has 0 spiro atoms. The molecule has 0 saturated carbocycles. The average Bonchev–Trinajstić information content (AvgIpc) is 2.76. The Kier molecular flexibility index (Phi) is 13.3. The summed E-state index contributed by atoms with van der Waals surface area (Å²) in [5, 5.41) is 3.12. The second-order valence-corrected chi connectivity index (χ2v) is 6.77. The molecule has 1 N–H and O–H groups in total. The molecule has 1 amide bonds. The zero-order valence-corrected chi connectivity index (χ0v) is 16.2. The molecule has 2 fully saturated rings. The van der Waals surface area contributed by atoms with Gasteiger partial charge in [0, 0.05) is 26.1 Å². The van der Waals surface area contributed by atoms with Crippen molar-refractivity contribution in [2.45, 2.75) is 51.4 Å². The summed E-state index contributed by atoms with van der Waals surface area (Å²) in [5.41, 5.74) is 0. The summed E-state index contributed by atoms with van der Waals surface area (Å²) in [6.45, 7) is 6.67. The molecule has 6 heteroatoms. The summed E-state index contributed by atoms with van der Waals surface area (Å²) < 4.78 is 0. The molecule has 0 radical (unpaired) electrons. The summed E-state index contributed by atoms with van der Waals surface area (Å²) >= 11 is 0. The molecule has 0 aromatic heterocycles. The van der Waals surface area contributed by atoms with Crippen molar-refractivity contribution in [2.24, 2.45) is 5.92 Å². The van der Waals surface area contributed by atoms with Crippen molar-refractivity contribution in [1.29, 1.82) is 0 Å². The van der Waals surface area contributed by atoms with E-state index in [0.717, 1.165) is 26.1 Å². The van der Waals surface area contributed by atoms with E-state index in [1.165, 1.54) is 58.2 Å². The predicted molar refractivity (Wildman–Crippen MR) is 102 cm³/mol. The summed E-state index contributed by atoms with van der Waals surface area (Å²) in [5.74, 6) is 1.07. The Hall–Kier alpha value is -0.0300. The van der Waals surface area contributed by atoms with Crippen molar-refractivity contribution >= 4 is 30.7 Å². The number of halogens is 2. The normalized spacial score (nSPS) is 22.7. The Bertz CT molecular complexity index is 310. The number of amides is 1. The van der Waals surface area contributed by atoms with Gasteiger partial charge >= 0.3 is 0 Å². The van der Waals surface area contributed by atoms with Crippen molar-refractivity contribution in [3.05, 3.63) is 0 Å². The molecule has 0 bridgehead atoms. The summed E-state index contributed by atoms with van der Waals surface area (Å²) in [6.07, 6.45) is 9.68. The van der Waals surface area contributed by atoms with Gasteiger partial charge in [-0.1, -0.05) is 12.8 Å². The molecule has 2 aliphatic heterocycles. The van der Waals surface area contributed by atoms with Gasteiger partial charge in [0.25, 0.3) is 0 Å². The SMILES string of the molecule is CNCCCC(=O)N1CCCC(CN2CCCCCC2)C1.Cl.Cl. The van der Waals surface area contributed by atoms with Crippen molar-refractivity contribution in [3.63, 3.8) is 0 Å². The lowest BCUT2D eigenvalue weighted by Gasteiger charge is -2.35. The number of hydrogen-bond acceptors (Lipinski definition) is 3. The van der Waals surface area contributed by atoms with Crippen LogP contribution in [0.15, 0.2) is 0 Å². The zero-order chi connectivity index (χ0) is 14.9. The first kappa shape index (κ1) is 23.0. The predicted octanol–water partition coefficient (Wildman–Crippen LogP) is 2.94. The molecule has 0 aromatic carbocycles. The maximum atomic E-state index is 12.3. The van der Waals surface area contributed by atoms with Crippen LogP contribution >= 0.6 is 24.8 Å². The van der Waals surface area contributed by atoms with E-state index in [-0.39, 0.29) is 24.8 Å². The molecule has 138 valence electrons. The Balaban J connectivity index is 0.00000242. The van der Waals surface area contributed by atoms with Gasteiger partial charge in [-0.2, -0.15) is 0 Å². The fourth-order valence-electron chi connectivity index (χ4n) is 3.70. The molecule has 23 heavy (non-hydrogen) atoms. The maximum absolute atomic E-state index is 12.3. The number of rotatable bonds is 6. The van der Waals surface area contributed by atoms with Gasteiger partial charge in [-0.25, -0.2) is 0 Å². The molecule has 2 heterocycles. The summed E-state index contributed by atoms with van der Waals surface area (Å²) in [6, 6.07) is 0. The van der Waals surface area contributed by atoms with E-state index >= 15 is 0 Å². The highest BCUT2D eigenvalue weighted by atomic mass is 35.5. The number of nitrogens with one attached hydrogen (secondary N) is 1. The van der Waals surface area contributed by atoms with E-state index in [4.69, 9.17) is 0 Å². The average molecular weight is 368 g/mol. The van der Waals surface area contributed by atoms with Gasteiger partial charge in [0.2, 0.25) is 5.91 Å². The Morgan fingerprint density at radius 1 is 1.04 bits per heavy atom. The molecule has 2 aliphatic rings. The van der Waals surface area contributed by atoms with E-state index in [0.29, 0.717) is 18.2 Å². The van der Waals surface area contributed by atoms with Crippen LogP contribution in [0.3, 0.4) is 0 Å². The van der Waals surface area contributed by atoms with Crippen LogP contribution in [0.2, 0.25) is 0 Å². The van der Waals surface area contributed by atoms with E-state index < -0.39 is 0 Å². The third kappa shape index (κ3) is 8.57. The molecule has 2 saturated heterocycles. The summed E-state index contributed by atoms with van der Waals surface area (Å²) in [4.78, 5) is 17.0. The fourth-order valence-corrected chi connectivity index (χ4v) is 3.70. The number of nitrogens with zero attached hydrogens (tertiary/aromatic N) is 2. The van der Waals surface area contributed by atoms with Crippen LogP contribution in [0.4, 0.5) is 0 Å². The molecule has 0 aliphatic carbocycles. The Morgan fingerprint density at radius 3 is 2.39 bits per heavy atom. The lowest BCUT2D eigenvalue weighted by molar-refractivity contribution is -0.133. The van der Waals surface area contributed by atoms with E-state index in [2.05, 4.69) is 15.1 Å². The van der Waals surface area contributed by atoms with Crippen LogP contribution in [0.5, 0.6) is 0 Å². The first-order valence-corrected chi connectivity index (χ1v) is 8.94. The minimum Gasteiger partial charge on any atom is -0.342 e. The lowest BCUT2D eigenvalue weighted by atomic mass is 9.97. The van der Waals surface area contributed by atoms with Crippen molar-refractivity contribution in [3.8, 4) is 0 Å². The van der Waals surface area contributed by atoms with Crippen molar-refractivity contribution in [1.82, 2.24) is 15.1 Å². The number of hydrogen-bond donors (Lipinski definition) is 1. The Morgan fingerprint density at radius 2 is 1.74 bits per heavy atom. The standard InChI is InChI=1S/C17H33N3O.2ClH/c1-18-10-6-9-17(21)20-13-7-8-16(15-20)14-19-11-4-2-3-5-12-19;;/h16,18H,2-15H2,1H3;2*1H. The molecular formula is C17H35Cl2N3O. The van der Waals surface area contributed by atoms with Gasteiger partial charge in [0.1, 0.15) is 0 Å². The largest absolute Gasteiger partial charge is 0.342 e. The van der Waals surface area contributed by atoms with Crippen LogP contribution in [0.1, 0.15) is 51.4 Å². The van der Waals surface area contributed by atoms with Crippen LogP contribution < -0.4 is 5.32 Å². The molecular weight excluding hydrogens is 333 g/mol. The fraction of sp³-hybridized carbons (Fsp3) is 0.941. The minimum atomic E-state index is 0. The van der Waals surface area contributed by atoms with E-state index in [1.807, 2.05) is 7.05 Å². The topological polar surface area (TPSA) is 35.6 Å². The van der Waals surface area contributed by atoms with Crippen LogP contribution in [0, 0.1) is 5.92 Å². The third-order valence-corrected chi connectivity index (χ3v) is 4.90. The highest BCUT2D eigenvalue weighted by molar-refractivity contribution is 5.85. The molecule has 1 atom stereocenters. The van der Waals surface area contributed by atoms with Gasteiger partial charge in [0.15, 0.2) is 0 Å². The van der Waals surface area contributed by atoms with E-state index in [1.54, 1.807) is 0 Å². The van der Waals surface area contributed by atoms with Gasteiger partial charge in [-0.05, 0) is 64.7 Å². The lowest BCUT2D eigenvalue weighted by Crippen LogP contribution is -2.44. The Labute approximate surface area is 154 Å². The number of piperidine rings is 1. The third-order valence-electron chi connectivity index (χ3n) is 4.90. The summed E-state index contributed by atoms with van der Waals surface area (Å²) in [7, 11) is 1.95. The molecule has 2 rings (SSSR count). The highest BCUT2D eigenvalue weighted by Gasteiger charge is 2.25. The first-order valence-electron chi connectivity index (χ1n) is 8.94. The highest BCUT2D eigenvalue weighted by Crippen LogP contribution is 2.20. The van der Waals surface area contributed by atoms with Crippen LogP contribution in [-0.2, 0) is 4.79 Å². The molecule has 0 aromatic rings. The smallest absolute Gasteiger partial charge is 0.222 e. The quantitative estimate of drug-likeness (QED) is 0.733. The van der Waals surface area contributed by atoms with Crippen molar-refractivity contribution in [2.75, 3.05) is 46.3 Å². The van der Waals surface area contributed by atoms with Crippen LogP contribution in [0.25, 0.3) is 0 Å². The second kappa shape index (κ2) is 13.3. The van der Waals surface area contributed by atoms with Crippen molar-refractivity contribution < 1.29 is 4.79 Å². The molecule has 4 nitrogen and oxygen atoms in total. The zero-order valence-electron chi connectivity index (χ0n) is 14.6. The van der Waals surface area contributed by atoms with Gasteiger partial charge in [-0.15, -0.1) is 24.8 Å². The minimum absolute atomic E-state index is 0. The number of carbonyl (C=O) groups excluding carboxylic acids is 1. The maximum Gasteiger partial charge on any atom is 0.222 e. The van der Waals surface area contributed by atoms with Gasteiger partial charge in [0.05, 0.1) is 0 Å². The van der Waals surface area contributed by atoms with Gasteiger partial charge < -0.3 is 15.1 Å². The van der Waals surface area contributed by atoms with Crippen LogP contribution in [-0.4, -0.2) is 62.0 Å². The second-order valence-electron chi connectivity index (χ2n) is 6.77. The van der Waals surface area contributed by atoms with E-state index in [9.17, 15) is 4.79 Å². The monoisotopic (exact) mass is 367 g/mol.